The number of carboxylic acids is 1. The van der Waals surface area contributed by atoms with Crippen molar-refractivity contribution in [1.29, 1.82) is 0 Å². The molecule has 0 spiro atoms. The Hall–Kier alpha value is -3.33. The third kappa shape index (κ3) is 5.92. The van der Waals surface area contributed by atoms with E-state index in [-0.39, 0.29) is 6.42 Å². The van der Waals surface area contributed by atoms with Gasteiger partial charge in [-0.3, -0.25) is 23.7 Å². The summed E-state index contributed by atoms with van der Waals surface area (Å²) in [5, 5.41) is 9.33. The third-order valence-electron chi connectivity index (χ3n) is 5.28. The second-order valence-electron chi connectivity index (χ2n) is 7.54. The maximum absolute atomic E-state index is 13.2. The number of halogens is 1. The summed E-state index contributed by atoms with van der Waals surface area (Å²) in [5.41, 5.74) is 0.0645. The first kappa shape index (κ1) is 24.3. The fourth-order valence-electron chi connectivity index (χ4n) is 3.60. The number of ketones is 2. The lowest BCUT2D eigenvalue weighted by atomic mass is 9.91. The fraction of sp³-hybridized carbons (Fsp3) is 0.292. The van der Waals surface area contributed by atoms with Crippen LogP contribution < -0.4 is 5.56 Å². The summed E-state index contributed by atoms with van der Waals surface area (Å²) in [6.07, 6.45) is 0.412. The van der Waals surface area contributed by atoms with Gasteiger partial charge in [0, 0.05) is 22.1 Å². The van der Waals surface area contributed by atoms with Crippen molar-refractivity contribution in [3.8, 4) is 0 Å². The number of carbonyl (C=O) groups excluding carboxylic acids is 2. The number of hydrogen-bond donors (Lipinski definition) is 1. The summed E-state index contributed by atoms with van der Waals surface area (Å²) in [4.78, 5) is 55.1. The first-order valence-electron chi connectivity index (χ1n) is 10.4. The topological polar surface area (TPSA) is 106 Å². The number of benzene rings is 2. The Labute approximate surface area is 193 Å². The van der Waals surface area contributed by atoms with Crippen LogP contribution in [0.3, 0.4) is 0 Å². The molecule has 2 aromatic carbocycles. The number of nitrogens with zero attached hydrogens (tertiary/aromatic N) is 2. The Morgan fingerprint density at radius 3 is 2.42 bits per heavy atom. The van der Waals surface area contributed by atoms with Crippen molar-refractivity contribution >= 4 is 40.2 Å². The van der Waals surface area contributed by atoms with Crippen LogP contribution in [0.25, 0.3) is 10.9 Å². The molecule has 1 unspecified atom stereocenters. The molecule has 0 radical (unpaired) electrons. The van der Waals surface area contributed by atoms with E-state index in [1.807, 2.05) is 36.4 Å². The summed E-state index contributed by atoms with van der Waals surface area (Å²) in [5.74, 6) is -4.02. The van der Waals surface area contributed by atoms with Gasteiger partial charge in [0.05, 0.1) is 29.7 Å². The molecule has 0 aliphatic heterocycles. The van der Waals surface area contributed by atoms with E-state index in [1.54, 1.807) is 19.1 Å². The standard InChI is InChI=1S/C24H23FN2O5S/c1-2-20(21(28)10-15(11-23(30)31)22(29)13-25)27-14-26-19-9-8-17(12-18(19)24(27)32)33-16-6-4-3-5-7-16/h3-9,12,14-15,20H,2,10-11,13H2,1H3,(H,30,31)/t15?,20-/m0/s1. The van der Waals surface area contributed by atoms with Gasteiger partial charge in [-0.1, -0.05) is 36.9 Å². The number of carboxylic acid groups (broad SMARTS) is 1. The summed E-state index contributed by atoms with van der Waals surface area (Å²) >= 11 is 1.49. The molecule has 1 heterocycles. The molecule has 172 valence electrons. The van der Waals surface area contributed by atoms with Crippen molar-refractivity contribution in [2.45, 2.75) is 42.0 Å². The van der Waals surface area contributed by atoms with Crippen molar-refractivity contribution in [2.75, 3.05) is 6.67 Å². The van der Waals surface area contributed by atoms with E-state index in [1.165, 1.54) is 22.7 Å². The summed E-state index contributed by atoms with van der Waals surface area (Å²) in [7, 11) is 0. The van der Waals surface area contributed by atoms with E-state index in [2.05, 4.69) is 4.98 Å². The molecule has 0 bridgehead atoms. The van der Waals surface area contributed by atoms with Crippen molar-refractivity contribution in [3.05, 3.63) is 65.2 Å². The van der Waals surface area contributed by atoms with E-state index in [9.17, 15) is 23.6 Å². The molecule has 33 heavy (non-hydrogen) atoms. The van der Waals surface area contributed by atoms with Crippen LogP contribution in [0, 0.1) is 5.92 Å². The summed E-state index contributed by atoms with van der Waals surface area (Å²) in [6, 6.07) is 14.0. The highest BCUT2D eigenvalue weighted by atomic mass is 32.2. The smallest absolute Gasteiger partial charge is 0.304 e. The monoisotopic (exact) mass is 470 g/mol. The minimum absolute atomic E-state index is 0.230. The van der Waals surface area contributed by atoms with Crippen LogP contribution in [0.15, 0.2) is 69.4 Å². The number of Topliss-reactive ketones (excluding diaryl/α,β-unsaturated/α-hetero) is 2. The summed E-state index contributed by atoms with van der Waals surface area (Å²) < 4.78 is 14.1. The maximum atomic E-state index is 13.2. The third-order valence-corrected chi connectivity index (χ3v) is 6.28. The number of rotatable bonds is 11. The first-order chi connectivity index (χ1) is 15.8. The molecule has 2 atom stereocenters. The fourth-order valence-corrected chi connectivity index (χ4v) is 4.48. The molecular formula is C24H23FN2O5S. The van der Waals surface area contributed by atoms with Gasteiger partial charge in [0.15, 0.2) is 11.6 Å². The van der Waals surface area contributed by atoms with E-state index in [0.29, 0.717) is 10.9 Å². The van der Waals surface area contributed by atoms with E-state index in [0.717, 1.165) is 9.79 Å². The average Bonchev–Trinajstić information content (AvgIpc) is 2.80. The van der Waals surface area contributed by atoms with Crippen LogP contribution in [-0.4, -0.2) is 38.9 Å². The second-order valence-corrected chi connectivity index (χ2v) is 8.69. The summed E-state index contributed by atoms with van der Waals surface area (Å²) in [6.45, 7) is 0.353. The maximum Gasteiger partial charge on any atom is 0.304 e. The molecule has 3 rings (SSSR count). The minimum Gasteiger partial charge on any atom is -0.481 e. The largest absolute Gasteiger partial charge is 0.481 e. The molecule has 0 saturated heterocycles. The van der Waals surface area contributed by atoms with Crippen LogP contribution in [-0.2, 0) is 14.4 Å². The molecule has 0 aliphatic carbocycles. The first-order valence-corrected chi connectivity index (χ1v) is 11.2. The Bertz CT molecular complexity index is 1230. The molecule has 1 N–H and O–H groups in total. The van der Waals surface area contributed by atoms with Gasteiger partial charge in [-0.05, 0) is 36.8 Å². The Kier molecular flexibility index (Phi) is 8.11. The average molecular weight is 471 g/mol. The number of alkyl halides is 1. The normalized spacial score (nSPS) is 12.9. The molecule has 7 nitrogen and oxygen atoms in total. The Morgan fingerprint density at radius 2 is 1.79 bits per heavy atom. The molecule has 9 heteroatoms. The number of fused-ring (bicyclic) bond motifs is 1. The lowest BCUT2D eigenvalue weighted by Crippen LogP contribution is -2.32. The number of aliphatic carboxylic acids is 1. The molecule has 0 amide bonds. The Morgan fingerprint density at radius 1 is 1.06 bits per heavy atom. The second kappa shape index (κ2) is 11.0. The van der Waals surface area contributed by atoms with Crippen molar-refractivity contribution in [2.24, 2.45) is 5.92 Å². The van der Waals surface area contributed by atoms with Crippen molar-refractivity contribution in [1.82, 2.24) is 9.55 Å². The van der Waals surface area contributed by atoms with Gasteiger partial charge in [-0.15, -0.1) is 0 Å². The molecule has 0 saturated carbocycles. The highest BCUT2D eigenvalue weighted by Crippen LogP contribution is 2.29. The molecule has 0 fully saturated rings. The van der Waals surface area contributed by atoms with Crippen LogP contribution >= 0.6 is 11.8 Å². The number of carbonyl (C=O) groups is 3. The zero-order chi connectivity index (χ0) is 24.0. The van der Waals surface area contributed by atoms with E-state index < -0.39 is 54.6 Å². The van der Waals surface area contributed by atoms with Gasteiger partial charge in [-0.2, -0.15) is 0 Å². The predicted molar refractivity (Wildman–Crippen MR) is 122 cm³/mol. The van der Waals surface area contributed by atoms with Crippen LogP contribution in [0.4, 0.5) is 4.39 Å². The van der Waals surface area contributed by atoms with Gasteiger partial charge in [0.2, 0.25) is 0 Å². The van der Waals surface area contributed by atoms with Crippen LogP contribution in [0.2, 0.25) is 0 Å². The van der Waals surface area contributed by atoms with E-state index in [4.69, 9.17) is 5.11 Å². The SMILES string of the molecule is CC[C@@H](C(=O)CC(CC(=O)O)C(=O)CF)n1cnc2ccc(Sc3ccccc3)cc2c1=O. The van der Waals surface area contributed by atoms with Crippen molar-refractivity contribution < 1.29 is 23.9 Å². The number of aromatic nitrogens is 2. The lowest BCUT2D eigenvalue weighted by molar-refractivity contribution is -0.141. The van der Waals surface area contributed by atoms with Gasteiger partial charge in [0.1, 0.15) is 6.67 Å². The van der Waals surface area contributed by atoms with Crippen LogP contribution in [0.1, 0.15) is 32.2 Å². The van der Waals surface area contributed by atoms with Gasteiger partial charge >= 0.3 is 5.97 Å². The Balaban J connectivity index is 1.92. The lowest BCUT2D eigenvalue weighted by Gasteiger charge is -2.19. The highest BCUT2D eigenvalue weighted by Gasteiger charge is 2.29. The minimum atomic E-state index is -1.35. The van der Waals surface area contributed by atoms with Gasteiger partial charge in [-0.25, -0.2) is 9.37 Å². The van der Waals surface area contributed by atoms with Gasteiger partial charge in [0.25, 0.3) is 5.56 Å². The molecule has 0 aliphatic rings. The molecular weight excluding hydrogens is 447 g/mol. The van der Waals surface area contributed by atoms with E-state index >= 15 is 0 Å². The molecule has 3 aromatic rings. The predicted octanol–water partition coefficient (Wildman–Crippen LogP) is 4.09. The van der Waals surface area contributed by atoms with Crippen LogP contribution in [0.5, 0.6) is 0 Å². The van der Waals surface area contributed by atoms with Gasteiger partial charge < -0.3 is 5.11 Å². The molecule has 1 aromatic heterocycles. The van der Waals surface area contributed by atoms with Crippen molar-refractivity contribution in [3.63, 3.8) is 0 Å². The highest BCUT2D eigenvalue weighted by molar-refractivity contribution is 7.99. The zero-order valence-electron chi connectivity index (χ0n) is 17.9. The quantitative estimate of drug-likeness (QED) is 0.450. The number of hydrogen-bond acceptors (Lipinski definition) is 6. The zero-order valence-corrected chi connectivity index (χ0v) is 18.8.